The summed E-state index contributed by atoms with van der Waals surface area (Å²) in [5.41, 5.74) is 4.56. The summed E-state index contributed by atoms with van der Waals surface area (Å²) in [7, 11) is -5.65. The standard InChI is InChI=1S/C46H86O3Si3/c1-20-52(21-2,22-3)49-45(13,14)35(5)26-25-34(4)39-29-30-40-38(24-23-31-46(39,40)15)28-27-37-32-41(47-50(16,17)43(7,8)9)36(6)42(33-37)48-51(18,19)44(10,11)12/h25-28,34-35,39-42H,6,20-24,29-33H2,1-5,7-19H3/t34-,35-,39?,40?,41-,42+,46-/m1/s1. The van der Waals surface area contributed by atoms with Gasteiger partial charge in [0.2, 0.25) is 0 Å². The summed E-state index contributed by atoms with van der Waals surface area (Å²) >= 11 is 0. The summed E-state index contributed by atoms with van der Waals surface area (Å²) in [4.78, 5) is 0. The van der Waals surface area contributed by atoms with Crippen molar-refractivity contribution >= 4 is 25.0 Å². The molecular weight excluding hydrogens is 685 g/mol. The molecule has 3 aliphatic rings. The fourth-order valence-electron chi connectivity index (χ4n) is 9.16. The number of hydrogen-bond donors (Lipinski definition) is 0. The third-order valence-corrected chi connectivity index (χ3v) is 29.4. The van der Waals surface area contributed by atoms with Crippen LogP contribution in [0.15, 0.2) is 47.6 Å². The molecule has 0 spiro atoms. The highest BCUT2D eigenvalue weighted by Gasteiger charge is 2.51. The molecular formula is C46H86O3Si3. The molecule has 6 heteroatoms. The van der Waals surface area contributed by atoms with E-state index in [2.05, 4.69) is 154 Å². The second-order valence-electron chi connectivity index (χ2n) is 21.4. The monoisotopic (exact) mass is 771 g/mol. The summed E-state index contributed by atoms with van der Waals surface area (Å²) in [6, 6.07) is 3.61. The highest BCUT2D eigenvalue weighted by atomic mass is 28.4. The molecule has 0 heterocycles. The smallest absolute Gasteiger partial charge is 0.192 e. The first-order valence-electron chi connectivity index (χ1n) is 21.5. The first kappa shape index (κ1) is 45.9. The van der Waals surface area contributed by atoms with Gasteiger partial charge in [-0.2, -0.15) is 0 Å². The molecule has 3 nitrogen and oxygen atoms in total. The van der Waals surface area contributed by atoms with E-state index in [1.165, 1.54) is 55.8 Å². The van der Waals surface area contributed by atoms with Crippen molar-refractivity contribution in [1.29, 1.82) is 0 Å². The first-order valence-corrected chi connectivity index (χ1v) is 29.8. The molecule has 0 aromatic rings. The van der Waals surface area contributed by atoms with E-state index in [1.807, 2.05) is 0 Å². The molecule has 7 atom stereocenters. The van der Waals surface area contributed by atoms with Crippen LogP contribution in [0.1, 0.15) is 142 Å². The van der Waals surface area contributed by atoms with E-state index < -0.39 is 25.0 Å². The van der Waals surface area contributed by atoms with Crippen LogP contribution in [0.25, 0.3) is 0 Å². The van der Waals surface area contributed by atoms with Crippen molar-refractivity contribution in [3.05, 3.63) is 47.6 Å². The highest BCUT2D eigenvalue weighted by Crippen LogP contribution is 2.59. The Labute approximate surface area is 327 Å². The van der Waals surface area contributed by atoms with Crippen LogP contribution in [-0.2, 0) is 13.3 Å². The van der Waals surface area contributed by atoms with Crippen LogP contribution in [0, 0.1) is 29.1 Å². The molecule has 0 aromatic carbocycles. The van der Waals surface area contributed by atoms with Gasteiger partial charge in [-0.15, -0.1) is 0 Å². The number of rotatable bonds is 14. The molecule has 0 aromatic heterocycles. The van der Waals surface area contributed by atoms with E-state index in [9.17, 15) is 0 Å². The van der Waals surface area contributed by atoms with E-state index in [0.717, 1.165) is 24.3 Å². The van der Waals surface area contributed by atoms with Gasteiger partial charge in [0.1, 0.15) is 0 Å². The van der Waals surface area contributed by atoms with Crippen LogP contribution in [-0.4, -0.2) is 42.8 Å². The molecule has 0 aliphatic heterocycles. The molecule has 2 unspecified atom stereocenters. The van der Waals surface area contributed by atoms with Crippen LogP contribution in [0.4, 0.5) is 0 Å². The van der Waals surface area contributed by atoms with Gasteiger partial charge in [-0.3, -0.25) is 0 Å². The summed E-state index contributed by atoms with van der Waals surface area (Å²) in [6.07, 6.45) is 18.6. The third-order valence-electron chi connectivity index (χ3n) is 15.6. The predicted molar refractivity (Wildman–Crippen MR) is 237 cm³/mol. The third kappa shape index (κ3) is 10.3. The Kier molecular flexibility index (Phi) is 14.9. The van der Waals surface area contributed by atoms with E-state index in [1.54, 1.807) is 5.57 Å². The second-order valence-corrected chi connectivity index (χ2v) is 35.6. The fourth-order valence-corrected chi connectivity index (χ4v) is 15.0. The van der Waals surface area contributed by atoms with Gasteiger partial charge in [-0.25, -0.2) is 0 Å². The Morgan fingerprint density at radius 3 is 1.75 bits per heavy atom. The SMILES string of the molecule is C=C1[C@@H](O[Si](C)(C)C(C)(C)C)CC(=CC=C2CCC[C@@]3(C)C2CCC3[C@H](C)C=C[C@@H](C)C(C)(C)O[Si](CC)(CC)CC)C[C@H]1O[Si](C)(C)C(C)(C)C. The second kappa shape index (κ2) is 16.9. The van der Waals surface area contributed by atoms with Crippen molar-refractivity contribution in [2.45, 2.75) is 214 Å². The summed E-state index contributed by atoms with van der Waals surface area (Å²) < 4.78 is 21.3. The Morgan fingerprint density at radius 1 is 0.788 bits per heavy atom. The maximum Gasteiger partial charge on any atom is 0.192 e. The fraction of sp³-hybridized carbons (Fsp3) is 0.826. The minimum atomic E-state index is -1.99. The Morgan fingerprint density at radius 2 is 1.29 bits per heavy atom. The van der Waals surface area contributed by atoms with E-state index in [0.29, 0.717) is 23.2 Å². The maximum atomic E-state index is 7.14. The van der Waals surface area contributed by atoms with Gasteiger partial charge >= 0.3 is 0 Å². The molecule has 0 N–H and O–H groups in total. The number of hydrogen-bond acceptors (Lipinski definition) is 3. The number of fused-ring (bicyclic) bond motifs is 1. The van der Waals surface area contributed by atoms with Gasteiger partial charge in [-0.1, -0.05) is 125 Å². The average molecular weight is 771 g/mol. The Bertz CT molecular complexity index is 1250. The van der Waals surface area contributed by atoms with Crippen LogP contribution in [0.2, 0.25) is 54.4 Å². The van der Waals surface area contributed by atoms with Gasteiger partial charge in [-0.05, 0) is 142 Å². The number of allylic oxidation sites excluding steroid dienone is 4. The molecule has 0 bridgehead atoms. The van der Waals surface area contributed by atoms with Gasteiger partial charge in [0.25, 0.3) is 0 Å². The molecule has 300 valence electrons. The van der Waals surface area contributed by atoms with Crippen molar-refractivity contribution in [1.82, 2.24) is 0 Å². The molecule has 0 radical (unpaired) electrons. The van der Waals surface area contributed by atoms with Crippen LogP contribution in [0.5, 0.6) is 0 Å². The molecule has 3 fully saturated rings. The van der Waals surface area contributed by atoms with Crippen LogP contribution >= 0.6 is 0 Å². The van der Waals surface area contributed by atoms with Gasteiger partial charge in [0.05, 0.1) is 17.8 Å². The van der Waals surface area contributed by atoms with E-state index >= 15 is 0 Å². The Hall–Kier alpha value is -0.509. The molecule has 3 saturated carbocycles. The van der Waals surface area contributed by atoms with Crippen molar-refractivity contribution in [2.75, 3.05) is 0 Å². The predicted octanol–water partition coefficient (Wildman–Crippen LogP) is 14.8. The zero-order valence-electron chi connectivity index (χ0n) is 37.8. The zero-order valence-corrected chi connectivity index (χ0v) is 40.8. The van der Waals surface area contributed by atoms with Gasteiger partial charge in [0.15, 0.2) is 25.0 Å². The molecule has 0 amide bonds. The molecule has 3 rings (SSSR count). The van der Waals surface area contributed by atoms with Crippen molar-refractivity contribution in [3.63, 3.8) is 0 Å². The first-order chi connectivity index (χ1) is 23.7. The largest absolute Gasteiger partial charge is 0.411 e. The van der Waals surface area contributed by atoms with Crippen molar-refractivity contribution in [2.24, 2.45) is 29.1 Å². The summed E-state index contributed by atoms with van der Waals surface area (Å²) in [5.74, 6) is 2.37. The lowest BCUT2D eigenvalue weighted by molar-refractivity contribution is 0.0584. The normalized spacial score (nSPS) is 30.0. The molecule has 3 aliphatic carbocycles. The minimum Gasteiger partial charge on any atom is -0.411 e. The summed E-state index contributed by atoms with van der Waals surface area (Å²) in [6.45, 7) is 47.5. The van der Waals surface area contributed by atoms with Gasteiger partial charge in [0, 0.05) is 5.92 Å². The Balaban J connectivity index is 1.85. The van der Waals surface area contributed by atoms with E-state index in [4.69, 9.17) is 13.3 Å². The zero-order chi connectivity index (χ0) is 39.7. The minimum absolute atomic E-state index is 0.0247. The average Bonchev–Trinajstić information content (AvgIpc) is 3.39. The maximum absolute atomic E-state index is 7.14. The van der Waals surface area contributed by atoms with Crippen LogP contribution < -0.4 is 0 Å². The van der Waals surface area contributed by atoms with Crippen LogP contribution in [0.3, 0.4) is 0 Å². The van der Waals surface area contributed by atoms with Crippen molar-refractivity contribution in [3.8, 4) is 0 Å². The van der Waals surface area contributed by atoms with E-state index in [-0.39, 0.29) is 27.9 Å². The highest BCUT2D eigenvalue weighted by molar-refractivity contribution is 6.74. The molecule has 52 heavy (non-hydrogen) atoms. The van der Waals surface area contributed by atoms with Crippen molar-refractivity contribution < 1.29 is 13.3 Å². The molecule has 0 saturated heterocycles. The lowest BCUT2D eigenvalue weighted by Gasteiger charge is -2.46. The topological polar surface area (TPSA) is 27.7 Å². The van der Waals surface area contributed by atoms with Gasteiger partial charge < -0.3 is 13.3 Å². The summed E-state index contributed by atoms with van der Waals surface area (Å²) in [5, 5.41) is 0.303. The quantitative estimate of drug-likeness (QED) is 0.130. The lowest BCUT2D eigenvalue weighted by Crippen LogP contribution is -2.49. The lowest BCUT2D eigenvalue weighted by atomic mass is 9.61.